The van der Waals surface area contributed by atoms with E-state index in [0.717, 1.165) is 16.3 Å². The van der Waals surface area contributed by atoms with Gasteiger partial charge in [-0.25, -0.2) is 4.98 Å². The van der Waals surface area contributed by atoms with Crippen molar-refractivity contribution in [2.45, 2.75) is 30.2 Å². The molecule has 0 bridgehead atoms. The zero-order valence-corrected chi connectivity index (χ0v) is 15.1. The topological polar surface area (TPSA) is 60.5 Å². The minimum absolute atomic E-state index is 0.0528. The number of ether oxygens (including phenoxy) is 2. The fraction of sp³-hybridized carbons (Fsp3) is 0.333. The van der Waals surface area contributed by atoms with E-state index < -0.39 is 0 Å². The van der Waals surface area contributed by atoms with E-state index in [-0.39, 0.29) is 17.2 Å². The number of hydrogen-bond acceptors (Lipinski definition) is 5. The molecule has 0 fully saturated rings. The van der Waals surface area contributed by atoms with E-state index in [4.69, 9.17) is 9.47 Å². The van der Waals surface area contributed by atoms with Gasteiger partial charge in [0.1, 0.15) is 11.5 Å². The first-order chi connectivity index (χ1) is 11.5. The van der Waals surface area contributed by atoms with E-state index in [1.54, 1.807) is 20.4 Å². The van der Waals surface area contributed by atoms with Gasteiger partial charge in [-0.1, -0.05) is 17.8 Å². The number of thioether (sulfide) groups is 1. The molecule has 24 heavy (non-hydrogen) atoms. The van der Waals surface area contributed by atoms with Crippen LogP contribution in [0.1, 0.15) is 25.5 Å². The molecule has 5 nitrogen and oxygen atoms in total. The van der Waals surface area contributed by atoms with Crippen molar-refractivity contribution in [3.05, 3.63) is 48.2 Å². The average Bonchev–Trinajstić information content (AvgIpc) is 2.61. The summed E-state index contributed by atoms with van der Waals surface area (Å²) < 4.78 is 10.6. The Morgan fingerprint density at radius 1 is 1.17 bits per heavy atom. The van der Waals surface area contributed by atoms with E-state index in [2.05, 4.69) is 10.3 Å². The van der Waals surface area contributed by atoms with Gasteiger partial charge in [0.25, 0.3) is 0 Å². The number of pyridine rings is 1. The van der Waals surface area contributed by atoms with Crippen LogP contribution in [0.25, 0.3) is 0 Å². The first-order valence-corrected chi connectivity index (χ1v) is 8.53. The fourth-order valence-electron chi connectivity index (χ4n) is 2.24. The second-order valence-corrected chi connectivity index (χ2v) is 6.63. The normalized spacial score (nSPS) is 13.0. The van der Waals surface area contributed by atoms with Crippen LogP contribution in [0.2, 0.25) is 0 Å². The van der Waals surface area contributed by atoms with Crippen molar-refractivity contribution in [3.8, 4) is 11.5 Å². The lowest BCUT2D eigenvalue weighted by Gasteiger charge is -2.20. The van der Waals surface area contributed by atoms with Gasteiger partial charge >= 0.3 is 0 Å². The molecule has 2 rings (SSSR count). The third-order valence-corrected chi connectivity index (χ3v) is 4.62. The number of benzene rings is 1. The maximum atomic E-state index is 12.5. The van der Waals surface area contributed by atoms with Gasteiger partial charge in [-0.2, -0.15) is 0 Å². The van der Waals surface area contributed by atoms with Crippen molar-refractivity contribution in [3.63, 3.8) is 0 Å². The summed E-state index contributed by atoms with van der Waals surface area (Å²) in [5, 5.41) is 3.59. The van der Waals surface area contributed by atoms with Crippen LogP contribution in [0.4, 0.5) is 0 Å². The highest BCUT2D eigenvalue weighted by atomic mass is 32.2. The van der Waals surface area contributed by atoms with Crippen LogP contribution >= 0.6 is 11.8 Å². The van der Waals surface area contributed by atoms with Crippen LogP contribution in [0.5, 0.6) is 11.5 Å². The molecule has 128 valence electrons. The summed E-state index contributed by atoms with van der Waals surface area (Å²) in [6, 6.07) is 11.0. The molecule has 0 saturated carbocycles. The molecular formula is C18H22N2O3S. The molecular weight excluding hydrogens is 324 g/mol. The number of aromatic nitrogens is 1. The van der Waals surface area contributed by atoms with Crippen molar-refractivity contribution in [2.75, 3.05) is 14.2 Å². The maximum absolute atomic E-state index is 12.5. The van der Waals surface area contributed by atoms with Gasteiger partial charge < -0.3 is 14.8 Å². The smallest absolute Gasteiger partial charge is 0.233 e. The molecule has 0 aliphatic carbocycles. The van der Waals surface area contributed by atoms with Crippen LogP contribution in [0.15, 0.2) is 47.6 Å². The van der Waals surface area contributed by atoms with Crippen LogP contribution in [-0.2, 0) is 4.79 Å². The molecule has 1 heterocycles. The van der Waals surface area contributed by atoms with Gasteiger partial charge in [0.05, 0.1) is 30.5 Å². The summed E-state index contributed by atoms with van der Waals surface area (Å²) >= 11 is 1.43. The van der Waals surface area contributed by atoms with Crippen molar-refractivity contribution in [1.29, 1.82) is 0 Å². The van der Waals surface area contributed by atoms with E-state index in [0.29, 0.717) is 5.75 Å². The number of carbonyl (C=O) groups excluding carboxylic acids is 1. The minimum Gasteiger partial charge on any atom is -0.497 e. The molecule has 0 saturated heterocycles. The van der Waals surface area contributed by atoms with Gasteiger partial charge in [-0.05, 0) is 44.2 Å². The Kier molecular flexibility index (Phi) is 6.49. The Hall–Kier alpha value is -2.21. The minimum atomic E-state index is -0.251. The Morgan fingerprint density at radius 3 is 2.58 bits per heavy atom. The molecule has 0 radical (unpaired) electrons. The first-order valence-electron chi connectivity index (χ1n) is 7.65. The molecule has 2 aromatic rings. The number of methoxy groups -OCH3 is 2. The lowest BCUT2D eigenvalue weighted by atomic mass is 10.1. The molecule has 6 heteroatoms. The molecule has 0 unspecified atom stereocenters. The fourth-order valence-corrected chi connectivity index (χ4v) is 3.05. The molecule has 2 atom stereocenters. The second-order valence-electron chi connectivity index (χ2n) is 5.27. The number of amides is 1. The first kappa shape index (κ1) is 18.1. The second kappa shape index (κ2) is 8.59. The Labute approximate surface area is 146 Å². The summed E-state index contributed by atoms with van der Waals surface area (Å²) in [4.78, 5) is 16.7. The van der Waals surface area contributed by atoms with Gasteiger partial charge in [-0.3, -0.25) is 4.79 Å². The van der Waals surface area contributed by atoms with Crippen LogP contribution in [-0.4, -0.2) is 30.4 Å². The van der Waals surface area contributed by atoms with E-state index in [1.165, 1.54) is 11.8 Å². The van der Waals surface area contributed by atoms with Gasteiger partial charge in [0.2, 0.25) is 5.91 Å². The van der Waals surface area contributed by atoms with E-state index in [1.807, 2.05) is 50.2 Å². The lowest BCUT2D eigenvalue weighted by Crippen LogP contribution is -2.33. The predicted molar refractivity (Wildman–Crippen MR) is 95.7 cm³/mol. The van der Waals surface area contributed by atoms with E-state index in [9.17, 15) is 4.79 Å². The Bertz CT molecular complexity index is 679. The van der Waals surface area contributed by atoms with Crippen LogP contribution in [0.3, 0.4) is 0 Å². The van der Waals surface area contributed by atoms with Gasteiger partial charge in [0.15, 0.2) is 0 Å². The zero-order valence-electron chi connectivity index (χ0n) is 14.3. The van der Waals surface area contributed by atoms with E-state index >= 15 is 0 Å². The largest absolute Gasteiger partial charge is 0.497 e. The SMILES string of the molecule is COc1ccc(OC)c([C@H](C)NC(=O)[C@@H](C)Sc2ccccn2)c1. The highest BCUT2D eigenvalue weighted by molar-refractivity contribution is 8.00. The van der Waals surface area contributed by atoms with Crippen molar-refractivity contribution >= 4 is 17.7 Å². The number of rotatable bonds is 7. The standard InChI is InChI=1S/C18H22N2O3S/c1-12(15-11-14(22-3)8-9-16(15)23-4)20-18(21)13(2)24-17-7-5-6-10-19-17/h5-13H,1-4H3,(H,20,21)/t12-,13+/m0/s1. The number of nitrogens with zero attached hydrogens (tertiary/aromatic N) is 1. The molecule has 0 aliphatic heterocycles. The lowest BCUT2D eigenvalue weighted by molar-refractivity contribution is -0.120. The molecule has 1 aromatic heterocycles. The number of nitrogens with one attached hydrogen (secondary N) is 1. The Morgan fingerprint density at radius 2 is 1.96 bits per heavy atom. The molecule has 1 amide bonds. The summed E-state index contributed by atoms with van der Waals surface area (Å²) in [6.45, 7) is 3.79. The highest BCUT2D eigenvalue weighted by Gasteiger charge is 2.20. The van der Waals surface area contributed by atoms with Crippen molar-refractivity contribution < 1.29 is 14.3 Å². The number of hydrogen-bond donors (Lipinski definition) is 1. The highest BCUT2D eigenvalue weighted by Crippen LogP contribution is 2.30. The van der Waals surface area contributed by atoms with Crippen molar-refractivity contribution in [1.82, 2.24) is 10.3 Å². The quantitative estimate of drug-likeness (QED) is 0.778. The predicted octanol–water partition coefficient (Wildman–Crippen LogP) is 3.46. The molecule has 0 aliphatic rings. The maximum Gasteiger partial charge on any atom is 0.233 e. The van der Waals surface area contributed by atoms with Crippen molar-refractivity contribution in [2.24, 2.45) is 0 Å². The average molecular weight is 346 g/mol. The monoisotopic (exact) mass is 346 g/mol. The summed E-state index contributed by atoms with van der Waals surface area (Å²) in [6.07, 6.45) is 1.72. The third kappa shape index (κ3) is 4.64. The number of carbonyl (C=O) groups is 1. The van der Waals surface area contributed by atoms with Crippen LogP contribution < -0.4 is 14.8 Å². The van der Waals surface area contributed by atoms with Gasteiger partial charge in [0, 0.05) is 11.8 Å². The molecule has 0 spiro atoms. The summed E-state index contributed by atoms with van der Waals surface area (Å²) in [7, 11) is 3.22. The van der Waals surface area contributed by atoms with Crippen LogP contribution in [0, 0.1) is 0 Å². The Balaban J connectivity index is 2.05. The summed E-state index contributed by atoms with van der Waals surface area (Å²) in [5.41, 5.74) is 0.875. The van der Waals surface area contributed by atoms with Gasteiger partial charge in [-0.15, -0.1) is 0 Å². The third-order valence-electron chi connectivity index (χ3n) is 3.57. The summed E-state index contributed by atoms with van der Waals surface area (Å²) in [5.74, 6) is 1.39. The molecule has 1 N–H and O–H groups in total. The molecule has 1 aromatic carbocycles. The zero-order chi connectivity index (χ0) is 17.5.